The predicted octanol–water partition coefficient (Wildman–Crippen LogP) is 2.85. The van der Waals surface area contributed by atoms with Crippen molar-refractivity contribution in [2.75, 3.05) is 25.0 Å². The van der Waals surface area contributed by atoms with E-state index < -0.39 is 6.09 Å². The second-order valence-corrected chi connectivity index (χ2v) is 5.38. The lowest BCUT2D eigenvalue weighted by Crippen LogP contribution is -2.27. The van der Waals surface area contributed by atoms with Gasteiger partial charge < -0.3 is 15.3 Å². The molecule has 2 heterocycles. The monoisotopic (exact) mass is 266 g/mol. The standard InChI is InChI=1S/C13H15ClN2O2/c14-11-3-1-2-9-10-7-16(13(17)18)6-8(10)4-5-15-12(9)11/h1-3,8,10,15H,4-7H2,(H,17,18)/t8-,10-/m1/s1. The first-order valence-electron chi connectivity index (χ1n) is 6.17. The van der Waals surface area contributed by atoms with Gasteiger partial charge in [0.2, 0.25) is 0 Å². The van der Waals surface area contributed by atoms with Gasteiger partial charge in [-0.15, -0.1) is 0 Å². The number of carbonyl (C=O) groups is 1. The minimum Gasteiger partial charge on any atom is -0.465 e. The molecular weight excluding hydrogens is 252 g/mol. The molecule has 4 nitrogen and oxygen atoms in total. The number of benzene rings is 1. The normalized spacial score (nSPS) is 25.9. The zero-order valence-electron chi connectivity index (χ0n) is 9.90. The van der Waals surface area contributed by atoms with E-state index in [-0.39, 0.29) is 5.92 Å². The maximum Gasteiger partial charge on any atom is 0.407 e. The van der Waals surface area contributed by atoms with Gasteiger partial charge in [0.25, 0.3) is 0 Å². The summed E-state index contributed by atoms with van der Waals surface area (Å²) in [7, 11) is 0. The van der Waals surface area contributed by atoms with Crippen molar-refractivity contribution in [3.8, 4) is 0 Å². The number of hydrogen-bond acceptors (Lipinski definition) is 2. The second kappa shape index (κ2) is 4.35. The minimum atomic E-state index is -0.820. The number of halogens is 1. The lowest BCUT2D eigenvalue weighted by atomic mass is 9.87. The van der Waals surface area contributed by atoms with Crippen LogP contribution in [0.2, 0.25) is 5.02 Å². The molecule has 0 aliphatic carbocycles. The zero-order chi connectivity index (χ0) is 12.7. The van der Waals surface area contributed by atoms with Crippen LogP contribution >= 0.6 is 11.6 Å². The second-order valence-electron chi connectivity index (χ2n) is 4.97. The third-order valence-electron chi connectivity index (χ3n) is 3.97. The molecule has 0 unspecified atom stereocenters. The number of amides is 1. The van der Waals surface area contributed by atoms with Gasteiger partial charge in [-0.1, -0.05) is 23.7 Å². The number of nitrogens with zero attached hydrogens (tertiary/aromatic N) is 1. The van der Waals surface area contributed by atoms with Gasteiger partial charge >= 0.3 is 6.09 Å². The Morgan fingerprint density at radius 1 is 1.44 bits per heavy atom. The number of likely N-dealkylation sites (tertiary alicyclic amines) is 1. The molecule has 96 valence electrons. The summed E-state index contributed by atoms with van der Waals surface area (Å²) in [4.78, 5) is 12.6. The lowest BCUT2D eigenvalue weighted by Gasteiger charge is -2.17. The average Bonchev–Trinajstić information content (AvgIpc) is 2.68. The van der Waals surface area contributed by atoms with Crippen LogP contribution in [-0.4, -0.2) is 35.7 Å². The van der Waals surface area contributed by atoms with Crippen LogP contribution in [0.15, 0.2) is 18.2 Å². The van der Waals surface area contributed by atoms with Crippen molar-refractivity contribution >= 4 is 23.4 Å². The fourth-order valence-electron chi connectivity index (χ4n) is 3.09. The van der Waals surface area contributed by atoms with Crippen molar-refractivity contribution in [1.29, 1.82) is 0 Å². The molecule has 1 aromatic rings. The molecule has 1 amide bonds. The van der Waals surface area contributed by atoms with E-state index in [1.165, 1.54) is 4.90 Å². The Bertz CT molecular complexity index is 492. The highest BCUT2D eigenvalue weighted by molar-refractivity contribution is 6.33. The summed E-state index contributed by atoms with van der Waals surface area (Å²) in [6.45, 7) is 2.06. The molecule has 0 aromatic heterocycles. The highest BCUT2D eigenvalue weighted by Gasteiger charge is 2.38. The molecular formula is C13H15ClN2O2. The van der Waals surface area contributed by atoms with E-state index in [9.17, 15) is 4.79 Å². The number of hydrogen-bond donors (Lipinski definition) is 2. The molecule has 3 rings (SSSR count). The first kappa shape index (κ1) is 11.7. The van der Waals surface area contributed by atoms with Crippen LogP contribution in [0.4, 0.5) is 10.5 Å². The molecule has 0 bridgehead atoms. The van der Waals surface area contributed by atoms with Gasteiger partial charge in [0.05, 0.1) is 10.7 Å². The molecule has 5 heteroatoms. The van der Waals surface area contributed by atoms with Crippen LogP contribution in [0.1, 0.15) is 17.9 Å². The summed E-state index contributed by atoms with van der Waals surface area (Å²) in [6, 6.07) is 5.87. The number of carboxylic acid groups (broad SMARTS) is 1. The van der Waals surface area contributed by atoms with Crippen molar-refractivity contribution in [3.63, 3.8) is 0 Å². The Morgan fingerprint density at radius 3 is 3.06 bits per heavy atom. The van der Waals surface area contributed by atoms with Gasteiger partial charge in [0.15, 0.2) is 0 Å². The first-order valence-corrected chi connectivity index (χ1v) is 6.55. The Hall–Kier alpha value is -1.42. The smallest absolute Gasteiger partial charge is 0.407 e. The summed E-state index contributed by atoms with van der Waals surface area (Å²) in [5, 5.41) is 13.2. The van der Waals surface area contributed by atoms with Crippen molar-refractivity contribution in [3.05, 3.63) is 28.8 Å². The van der Waals surface area contributed by atoms with Crippen LogP contribution < -0.4 is 5.32 Å². The Labute approximate surface area is 111 Å². The summed E-state index contributed by atoms with van der Waals surface area (Å²) in [5.41, 5.74) is 2.15. The van der Waals surface area contributed by atoms with Crippen LogP contribution in [0.5, 0.6) is 0 Å². The fourth-order valence-corrected chi connectivity index (χ4v) is 3.34. The van der Waals surface area contributed by atoms with Gasteiger partial charge in [0, 0.05) is 25.6 Å². The van der Waals surface area contributed by atoms with E-state index in [2.05, 4.69) is 11.4 Å². The van der Waals surface area contributed by atoms with Gasteiger partial charge in [-0.05, 0) is 24.0 Å². The molecule has 18 heavy (non-hydrogen) atoms. The molecule has 0 spiro atoms. The number of fused-ring (bicyclic) bond motifs is 3. The minimum absolute atomic E-state index is 0.268. The summed E-state index contributed by atoms with van der Waals surface area (Å²) >= 11 is 6.21. The summed E-state index contributed by atoms with van der Waals surface area (Å²) < 4.78 is 0. The molecule has 2 aliphatic heterocycles. The predicted molar refractivity (Wildman–Crippen MR) is 70.4 cm³/mol. The quantitative estimate of drug-likeness (QED) is 0.759. The van der Waals surface area contributed by atoms with E-state index in [1.807, 2.05) is 12.1 Å². The van der Waals surface area contributed by atoms with Crippen molar-refractivity contribution in [2.45, 2.75) is 12.3 Å². The number of rotatable bonds is 0. The van der Waals surface area contributed by atoms with Crippen molar-refractivity contribution in [2.24, 2.45) is 5.92 Å². The number of nitrogens with one attached hydrogen (secondary N) is 1. The fraction of sp³-hybridized carbons (Fsp3) is 0.462. The van der Waals surface area contributed by atoms with Gasteiger partial charge in [0.1, 0.15) is 0 Å². The molecule has 2 N–H and O–H groups in total. The van der Waals surface area contributed by atoms with Gasteiger partial charge in [-0.3, -0.25) is 0 Å². The van der Waals surface area contributed by atoms with E-state index in [1.54, 1.807) is 0 Å². The Balaban J connectivity index is 1.99. The highest BCUT2D eigenvalue weighted by atomic mass is 35.5. The third kappa shape index (κ3) is 1.81. The molecule has 2 aliphatic rings. The first-order chi connectivity index (χ1) is 8.66. The molecule has 2 atom stereocenters. The average molecular weight is 267 g/mol. The number of para-hydroxylation sites is 1. The highest BCUT2D eigenvalue weighted by Crippen LogP contribution is 2.42. The topological polar surface area (TPSA) is 52.6 Å². The largest absolute Gasteiger partial charge is 0.465 e. The SMILES string of the molecule is O=C(O)N1C[C@H]2CCNc3c(Cl)cccc3[C@@H]2C1. The zero-order valence-corrected chi connectivity index (χ0v) is 10.7. The van der Waals surface area contributed by atoms with E-state index in [0.29, 0.717) is 19.0 Å². The van der Waals surface area contributed by atoms with E-state index in [0.717, 1.165) is 29.2 Å². The third-order valence-corrected chi connectivity index (χ3v) is 4.29. The Morgan fingerprint density at radius 2 is 2.28 bits per heavy atom. The Kier molecular flexibility index (Phi) is 2.82. The van der Waals surface area contributed by atoms with Crippen LogP contribution in [0.25, 0.3) is 0 Å². The van der Waals surface area contributed by atoms with Gasteiger partial charge in [-0.25, -0.2) is 4.79 Å². The molecule has 1 fully saturated rings. The molecule has 1 saturated heterocycles. The van der Waals surface area contributed by atoms with Crippen molar-refractivity contribution in [1.82, 2.24) is 4.90 Å². The lowest BCUT2D eigenvalue weighted by molar-refractivity contribution is 0.153. The van der Waals surface area contributed by atoms with Crippen molar-refractivity contribution < 1.29 is 9.90 Å². The number of anilines is 1. The van der Waals surface area contributed by atoms with E-state index in [4.69, 9.17) is 16.7 Å². The van der Waals surface area contributed by atoms with Crippen LogP contribution in [0.3, 0.4) is 0 Å². The van der Waals surface area contributed by atoms with Crippen LogP contribution in [-0.2, 0) is 0 Å². The maximum absolute atomic E-state index is 11.1. The van der Waals surface area contributed by atoms with Crippen LogP contribution in [0, 0.1) is 5.92 Å². The van der Waals surface area contributed by atoms with Gasteiger partial charge in [-0.2, -0.15) is 0 Å². The molecule has 1 aromatic carbocycles. The summed E-state index contributed by atoms with van der Waals surface area (Å²) in [6.07, 6.45) is 0.166. The maximum atomic E-state index is 11.1. The summed E-state index contributed by atoms with van der Waals surface area (Å²) in [5.74, 6) is 0.665. The van der Waals surface area contributed by atoms with E-state index >= 15 is 0 Å². The molecule has 0 radical (unpaired) electrons. The molecule has 0 saturated carbocycles.